The third kappa shape index (κ3) is 4.09. The van der Waals surface area contributed by atoms with Gasteiger partial charge in [-0.05, 0) is 58.2 Å². The van der Waals surface area contributed by atoms with Gasteiger partial charge in [-0.15, -0.1) is 0 Å². The van der Waals surface area contributed by atoms with Crippen LogP contribution in [0, 0.1) is 12.8 Å². The number of hydrogen-bond donors (Lipinski definition) is 0. The van der Waals surface area contributed by atoms with Gasteiger partial charge in [-0.2, -0.15) is 0 Å². The van der Waals surface area contributed by atoms with Crippen molar-refractivity contribution in [3.8, 4) is 0 Å². The first-order valence-corrected chi connectivity index (χ1v) is 7.84. The Kier molecular flexibility index (Phi) is 4.89. The van der Waals surface area contributed by atoms with E-state index in [1.54, 1.807) is 0 Å². The van der Waals surface area contributed by atoms with Gasteiger partial charge in [0.05, 0.1) is 5.92 Å². The summed E-state index contributed by atoms with van der Waals surface area (Å²) >= 11 is 0. The molecule has 4 nitrogen and oxygen atoms in total. The fourth-order valence-electron chi connectivity index (χ4n) is 2.77. The van der Waals surface area contributed by atoms with Crippen LogP contribution < -0.4 is 4.90 Å². The van der Waals surface area contributed by atoms with Gasteiger partial charge in [0.15, 0.2) is 6.29 Å². The molecule has 2 rings (SSSR count). The van der Waals surface area contributed by atoms with Gasteiger partial charge in [-0.25, -0.2) is 0 Å². The molecule has 0 atom stereocenters. The van der Waals surface area contributed by atoms with Crippen molar-refractivity contribution < 1.29 is 14.3 Å². The van der Waals surface area contributed by atoms with E-state index in [9.17, 15) is 9.59 Å². The van der Waals surface area contributed by atoms with Crippen LogP contribution in [0.5, 0.6) is 0 Å². The smallest absolute Gasteiger partial charge is 0.309 e. The maximum atomic E-state index is 12.1. The lowest BCUT2D eigenvalue weighted by atomic mass is 9.95. The molecule has 0 aromatic heterocycles. The minimum absolute atomic E-state index is 0.0417. The molecule has 1 fully saturated rings. The Balaban J connectivity index is 2.02. The van der Waals surface area contributed by atoms with Crippen LogP contribution in [0.2, 0.25) is 0 Å². The third-order valence-electron chi connectivity index (χ3n) is 3.89. The van der Waals surface area contributed by atoms with Crippen molar-refractivity contribution in [3.05, 3.63) is 29.3 Å². The maximum Gasteiger partial charge on any atom is 0.309 e. The summed E-state index contributed by atoms with van der Waals surface area (Å²) in [5.74, 6) is -0.146. The monoisotopic (exact) mass is 303 g/mol. The molecule has 1 saturated heterocycles. The number of aryl methyl sites for hydroxylation is 1. The SMILES string of the molecule is Cc1ccc(C=O)c(N2CCC(C(=O)OC(C)(C)C)CC2)c1. The fourth-order valence-corrected chi connectivity index (χ4v) is 2.77. The minimum Gasteiger partial charge on any atom is -0.460 e. The zero-order chi connectivity index (χ0) is 16.3. The van der Waals surface area contributed by atoms with E-state index in [1.165, 1.54) is 0 Å². The van der Waals surface area contributed by atoms with Crippen LogP contribution in [0.1, 0.15) is 49.5 Å². The Labute approximate surface area is 132 Å². The van der Waals surface area contributed by atoms with Gasteiger partial charge in [0.2, 0.25) is 0 Å². The highest BCUT2D eigenvalue weighted by molar-refractivity contribution is 5.85. The number of rotatable bonds is 3. The normalized spacial score (nSPS) is 16.5. The van der Waals surface area contributed by atoms with E-state index in [-0.39, 0.29) is 11.9 Å². The van der Waals surface area contributed by atoms with Gasteiger partial charge >= 0.3 is 5.97 Å². The molecule has 1 aliphatic rings. The van der Waals surface area contributed by atoms with Crippen molar-refractivity contribution in [1.29, 1.82) is 0 Å². The molecule has 0 radical (unpaired) electrons. The number of aldehydes is 1. The topological polar surface area (TPSA) is 46.6 Å². The highest BCUT2D eigenvalue weighted by Crippen LogP contribution is 2.28. The quantitative estimate of drug-likeness (QED) is 0.634. The first kappa shape index (κ1) is 16.5. The average molecular weight is 303 g/mol. The molecule has 120 valence electrons. The number of hydrogen-bond acceptors (Lipinski definition) is 4. The summed E-state index contributed by atoms with van der Waals surface area (Å²) in [7, 11) is 0. The van der Waals surface area contributed by atoms with E-state index in [4.69, 9.17) is 4.74 Å². The molecular formula is C18H25NO3. The van der Waals surface area contributed by atoms with Crippen LogP contribution in [0.15, 0.2) is 18.2 Å². The minimum atomic E-state index is -0.435. The largest absolute Gasteiger partial charge is 0.460 e. The predicted molar refractivity (Wildman–Crippen MR) is 87.3 cm³/mol. The average Bonchev–Trinajstić information content (AvgIpc) is 2.45. The molecule has 0 saturated carbocycles. The lowest BCUT2D eigenvalue weighted by molar-refractivity contribution is -0.160. The molecular weight excluding hydrogens is 278 g/mol. The van der Waals surface area contributed by atoms with Crippen LogP contribution in [-0.4, -0.2) is 30.9 Å². The Morgan fingerprint density at radius 1 is 1.27 bits per heavy atom. The van der Waals surface area contributed by atoms with Crippen LogP contribution in [0.4, 0.5) is 5.69 Å². The van der Waals surface area contributed by atoms with Gasteiger partial charge in [0.1, 0.15) is 5.60 Å². The van der Waals surface area contributed by atoms with Crippen LogP contribution in [0.3, 0.4) is 0 Å². The first-order chi connectivity index (χ1) is 10.3. The number of anilines is 1. The summed E-state index contributed by atoms with van der Waals surface area (Å²) in [6, 6.07) is 5.84. The van der Waals surface area contributed by atoms with E-state index in [2.05, 4.69) is 4.90 Å². The number of esters is 1. The molecule has 0 unspecified atom stereocenters. The van der Waals surface area contributed by atoms with E-state index < -0.39 is 5.60 Å². The molecule has 0 bridgehead atoms. The van der Waals surface area contributed by atoms with E-state index in [0.29, 0.717) is 5.56 Å². The van der Waals surface area contributed by atoms with Crippen molar-refractivity contribution in [1.82, 2.24) is 0 Å². The summed E-state index contributed by atoms with van der Waals surface area (Å²) in [4.78, 5) is 25.5. The van der Waals surface area contributed by atoms with Crippen molar-refractivity contribution >= 4 is 17.9 Å². The maximum absolute atomic E-state index is 12.1. The molecule has 1 aromatic rings. The summed E-state index contributed by atoms with van der Waals surface area (Å²) in [5, 5.41) is 0. The second-order valence-corrected chi connectivity index (χ2v) is 6.97. The van der Waals surface area contributed by atoms with Crippen LogP contribution in [0.25, 0.3) is 0 Å². The second kappa shape index (κ2) is 6.51. The number of carbonyl (C=O) groups excluding carboxylic acids is 2. The van der Waals surface area contributed by atoms with Crippen LogP contribution in [-0.2, 0) is 9.53 Å². The molecule has 1 aromatic carbocycles. The highest BCUT2D eigenvalue weighted by atomic mass is 16.6. The summed E-state index contributed by atoms with van der Waals surface area (Å²) in [6.45, 7) is 9.24. The predicted octanol–water partition coefficient (Wildman–Crippen LogP) is 3.37. The lowest BCUT2D eigenvalue weighted by Gasteiger charge is -2.34. The fraction of sp³-hybridized carbons (Fsp3) is 0.556. The molecule has 0 spiro atoms. The van der Waals surface area contributed by atoms with Gasteiger partial charge in [-0.1, -0.05) is 6.07 Å². The summed E-state index contributed by atoms with van der Waals surface area (Å²) < 4.78 is 5.47. The standard InChI is InChI=1S/C18H25NO3/c1-13-5-6-15(12-20)16(11-13)19-9-7-14(8-10-19)17(21)22-18(2,3)4/h5-6,11-12,14H,7-10H2,1-4H3. The van der Waals surface area contributed by atoms with Crippen molar-refractivity contribution in [2.24, 2.45) is 5.92 Å². The molecule has 1 heterocycles. The zero-order valence-corrected chi connectivity index (χ0v) is 13.9. The van der Waals surface area contributed by atoms with Crippen LogP contribution >= 0.6 is 0 Å². The highest BCUT2D eigenvalue weighted by Gasteiger charge is 2.29. The van der Waals surface area contributed by atoms with E-state index >= 15 is 0 Å². The molecule has 0 aliphatic carbocycles. The Hall–Kier alpha value is -1.84. The molecule has 0 N–H and O–H groups in total. The molecule has 1 aliphatic heterocycles. The van der Waals surface area contributed by atoms with Gasteiger partial charge in [-0.3, -0.25) is 9.59 Å². The molecule has 22 heavy (non-hydrogen) atoms. The number of carbonyl (C=O) groups is 2. The van der Waals surface area contributed by atoms with Crippen molar-refractivity contribution in [2.45, 2.75) is 46.1 Å². The van der Waals surface area contributed by atoms with Gasteiger partial charge in [0.25, 0.3) is 0 Å². The summed E-state index contributed by atoms with van der Waals surface area (Å²) in [6.07, 6.45) is 2.43. The second-order valence-electron chi connectivity index (χ2n) is 6.97. The number of piperidine rings is 1. The van der Waals surface area contributed by atoms with Crippen molar-refractivity contribution in [2.75, 3.05) is 18.0 Å². The van der Waals surface area contributed by atoms with E-state index in [0.717, 1.165) is 43.5 Å². The first-order valence-electron chi connectivity index (χ1n) is 7.84. The Morgan fingerprint density at radius 3 is 2.45 bits per heavy atom. The lowest BCUT2D eigenvalue weighted by Crippen LogP contribution is -2.39. The Morgan fingerprint density at radius 2 is 1.91 bits per heavy atom. The third-order valence-corrected chi connectivity index (χ3v) is 3.89. The van der Waals surface area contributed by atoms with Crippen molar-refractivity contribution in [3.63, 3.8) is 0 Å². The number of nitrogens with zero attached hydrogens (tertiary/aromatic N) is 1. The number of ether oxygens (including phenoxy) is 1. The van der Waals surface area contributed by atoms with E-state index in [1.807, 2.05) is 45.9 Å². The van der Waals surface area contributed by atoms with Gasteiger partial charge < -0.3 is 9.64 Å². The molecule has 0 amide bonds. The summed E-state index contributed by atoms with van der Waals surface area (Å²) in [5.41, 5.74) is 2.38. The number of benzene rings is 1. The van der Waals surface area contributed by atoms with Gasteiger partial charge in [0, 0.05) is 24.3 Å². The zero-order valence-electron chi connectivity index (χ0n) is 13.9. The Bertz CT molecular complexity index is 552. The molecule has 4 heteroatoms.